The summed E-state index contributed by atoms with van der Waals surface area (Å²) in [7, 11) is 1.27. The molecule has 22 heavy (non-hydrogen) atoms. The van der Waals surface area contributed by atoms with Gasteiger partial charge in [0.1, 0.15) is 18.2 Å². The molecular formula is C16H17N3O3. The third-order valence-corrected chi connectivity index (χ3v) is 3.43. The molecule has 6 heteroatoms. The summed E-state index contributed by atoms with van der Waals surface area (Å²) >= 11 is 0. The summed E-state index contributed by atoms with van der Waals surface area (Å²) in [6.45, 7) is 0.484. The molecule has 0 aromatic heterocycles. The van der Waals surface area contributed by atoms with Gasteiger partial charge in [-0.1, -0.05) is 18.2 Å². The van der Waals surface area contributed by atoms with Gasteiger partial charge in [-0.05, 0) is 24.5 Å². The van der Waals surface area contributed by atoms with E-state index < -0.39 is 5.97 Å². The van der Waals surface area contributed by atoms with E-state index in [9.17, 15) is 14.9 Å². The Labute approximate surface area is 129 Å². The van der Waals surface area contributed by atoms with Crippen molar-refractivity contribution in [2.24, 2.45) is 0 Å². The van der Waals surface area contributed by atoms with Crippen LogP contribution in [0.1, 0.15) is 12.0 Å². The van der Waals surface area contributed by atoms with Gasteiger partial charge >= 0.3 is 5.97 Å². The second-order valence-corrected chi connectivity index (χ2v) is 4.82. The van der Waals surface area contributed by atoms with Crippen LogP contribution in [0.15, 0.2) is 36.0 Å². The number of amides is 1. The van der Waals surface area contributed by atoms with Crippen LogP contribution in [-0.4, -0.2) is 32.1 Å². The summed E-state index contributed by atoms with van der Waals surface area (Å²) in [6, 6.07) is 9.55. The van der Waals surface area contributed by atoms with E-state index in [1.54, 1.807) is 4.90 Å². The van der Waals surface area contributed by atoms with Gasteiger partial charge in [-0.2, -0.15) is 5.26 Å². The smallest absolute Gasteiger partial charge is 0.325 e. The van der Waals surface area contributed by atoms with Crippen LogP contribution in [0.2, 0.25) is 0 Å². The molecule has 0 spiro atoms. The zero-order valence-corrected chi connectivity index (χ0v) is 12.3. The molecule has 114 valence electrons. The molecule has 0 unspecified atom stereocenters. The van der Waals surface area contributed by atoms with E-state index in [-0.39, 0.29) is 18.0 Å². The van der Waals surface area contributed by atoms with Crippen LogP contribution < -0.4 is 10.2 Å². The van der Waals surface area contributed by atoms with Gasteiger partial charge in [0.25, 0.3) is 5.91 Å². The van der Waals surface area contributed by atoms with Gasteiger partial charge in [-0.3, -0.25) is 9.59 Å². The molecule has 1 N–H and O–H groups in total. The monoisotopic (exact) mass is 299 g/mol. The van der Waals surface area contributed by atoms with E-state index in [0.717, 1.165) is 24.1 Å². The molecule has 1 amide bonds. The molecule has 0 bridgehead atoms. The maximum Gasteiger partial charge on any atom is 0.325 e. The first-order valence-electron chi connectivity index (χ1n) is 6.97. The second-order valence-electron chi connectivity index (χ2n) is 4.82. The van der Waals surface area contributed by atoms with Crippen molar-refractivity contribution in [3.63, 3.8) is 0 Å². The number of fused-ring (bicyclic) bond motifs is 1. The van der Waals surface area contributed by atoms with Crippen molar-refractivity contribution in [1.29, 1.82) is 5.26 Å². The molecule has 1 heterocycles. The average Bonchev–Trinajstić information content (AvgIpc) is 2.57. The van der Waals surface area contributed by atoms with E-state index in [1.165, 1.54) is 13.3 Å². The lowest BCUT2D eigenvalue weighted by Crippen LogP contribution is -2.36. The number of rotatable bonds is 4. The van der Waals surface area contributed by atoms with E-state index in [0.29, 0.717) is 6.54 Å². The minimum Gasteiger partial charge on any atom is -0.468 e. The third kappa shape index (κ3) is 3.44. The highest BCUT2D eigenvalue weighted by Crippen LogP contribution is 2.27. The molecule has 0 fully saturated rings. The van der Waals surface area contributed by atoms with Gasteiger partial charge in [-0.15, -0.1) is 0 Å². The lowest BCUT2D eigenvalue weighted by molar-refractivity contribution is -0.139. The van der Waals surface area contributed by atoms with E-state index in [2.05, 4.69) is 10.1 Å². The number of nitrogens with one attached hydrogen (secondary N) is 1. The summed E-state index contributed by atoms with van der Waals surface area (Å²) in [6.07, 6.45) is 3.04. The predicted octanol–water partition coefficient (Wildman–Crippen LogP) is 1.14. The highest BCUT2D eigenvalue weighted by molar-refractivity contribution is 6.08. The fourth-order valence-corrected chi connectivity index (χ4v) is 2.34. The van der Waals surface area contributed by atoms with Gasteiger partial charge in [-0.25, -0.2) is 0 Å². The van der Waals surface area contributed by atoms with Gasteiger partial charge in [0.15, 0.2) is 0 Å². The largest absolute Gasteiger partial charge is 0.468 e. The van der Waals surface area contributed by atoms with Gasteiger partial charge in [0, 0.05) is 18.4 Å². The first kappa shape index (κ1) is 15.6. The molecule has 1 aromatic rings. The first-order valence-corrected chi connectivity index (χ1v) is 6.97. The maximum atomic E-state index is 12.5. The minimum atomic E-state index is -0.468. The summed E-state index contributed by atoms with van der Waals surface area (Å²) in [4.78, 5) is 25.1. The Morgan fingerprint density at radius 3 is 2.95 bits per heavy atom. The number of para-hydroxylation sites is 1. The quantitative estimate of drug-likeness (QED) is 0.512. The van der Waals surface area contributed by atoms with Crippen molar-refractivity contribution in [1.82, 2.24) is 5.32 Å². The van der Waals surface area contributed by atoms with Crippen molar-refractivity contribution in [3.05, 3.63) is 41.6 Å². The number of nitrogens with zero attached hydrogens (tertiary/aromatic N) is 2. The molecule has 1 aromatic carbocycles. The normalized spacial score (nSPS) is 13.8. The average molecular weight is 299 g/mol. The number of ether oxygens (including phenoxy) is 1. The van der Waals surface area contributed by atoms with Crippen molar-refractivity contribution >= 4 is 17.6 Å². The molecule has 1 aliphatic rings. The van der Waals surface area contributed by atoms with Gasteiger partial charge in [0.05, 0.1) is 7.11 Å². The third-order valence-electron chi connectivity index (χ3n) is 3.43. The highest BCUT2D eigenvalue weighted by atomic mass is 16.5. The summed E-state index contributed by atoms with van der Waals surface area (Å²) in [5.74, 6) is -0.837. The molecule has 0 atom stereocenters. The number of aryl methyl sites for hydroxylation is 1. The van der Waals surface area contributed by atoms with Crippen LogP contribution >= 0.6 is 0 Å². The minimum absolute atomic E-state index is 0.0411. The Morgan fingerprint density at radius 2 is 2.23 bits per heavy atom. The first-order chi connectivity index (χ1) is 10.7. The van der Waals surface area contributed by atoms with Crippen molar-refractivity contribution < 1.29 is 14.3 Å². The number of hydrogen-bond acceptors (Lipinski definition) is 5. The molecule has 2 rings (SSSR count). The number of carbonyl (C=O) groups is 2. The van der Waals surface area contributed by atoms with E-state index >= 15 is 0 Å². The zero-order chi connectivity index (χ0) is 15.9. The number of nitriles is 1. The Balaban J connectivity index is 2.15. The van der Waals surface area contributed by atoms with Crippen LogP contribution in [0.25, 0.3) is 0 Å². The van der Waals surface area contributed by atoms with E-state index in [1.807, 2.05) is 30.3 Å². The lowest BCUT2D eigenvalue weighted by atomic mass is 10.0. The van der Waals surface area contributed by atoms with Crippen LogP contribution in [-0.2, 0) is 20.7 Å². The van der Waals surface area contributed by atoms with Crippen LogP contribution in [0.4, 0.5) is 5.69 Å². The van der Waals surface area contributed by atoms with Gasteiger partial charge < -0.3 is 15.0 Å². The standard InChI is InChI=1S/C16H17N3O3/c1-22-15(20)11-18-10-13(9-17)16(21)19-8-4-6-12-5-2-3-7-14(12)19/h2-3,5,7,10,18H,4,6,8,11H2,1H3/b13-10-. The highest BCUT2D eigenvalue weighted by Gasteiger charge is 2.24. The number of esters is 1. The predicted molar refractivity (Wildman–Crippen MR) is 80.8 cm³/mol. The number of methoxy groups -OCH3 is 1. The summed E-state index contributed by atoms with van der Waals surface area (Å²) < 4.78 is 4.48. The second kappa shape index (κ2) is 7.27. The Hall–Kier alpha value is -2.81. The molecule has 0 saturated heterocycles. The topological polar surface area (TPSA) is 82.4 Å². The molecule has 6 nitrogen and oxygen atoms in total. The zero-order valence-electron chi connectivity index (χ0n) is 12.3. The number of carbonyl (C=O) groups excluding carboxylic acids is 2. The lowest BCUT2D eigenvalue weighted by Gasteiger charge is -2.29. The number of benzene rings is 1. The number of anilines is 1. The van der Waals surface area contributed by atoms with E-state index in [4.69, 9.17) is 0 Å². The molecule has 0 radical (unpaired) electrons. The molecule has 0 saturated carbocycles. The van der Waals surface area contributed by atoms with Crippen molar-refractivity contribution in [3.8, 4) is 6.07 Å². The molecule has 0 aliphatic carbocycles. The fourth-order valence-electron chi connectivity index (χ4n) is 2.34. The number of hydrogen-bond donors (Lipinski definition) is 1. The molecular weight excluding hydrogens is 282 g/mol. The SMILES string of the molecule is COC(=O)CN/C=C(/C#N)C(=O)N1CCCc2ccccc21. The summed E-state index contributed by atoms with van der Waals surface area (Å²) in [5, 5.41) is 11.8. The van der Waals surface area contributed by atoms with Gasteiger partial charge in [0.2, 0.25) is 0 Å². The molecule has 1 aliphatic heterocycles. The Kier molecular flexibility index (Phi) is 5.15. The van der Waals surface area contributed by atoms with Crippen LogP contribution in [0, 0.1) is 11.3 Å². The Morgan fingerprint density at radius 1 is 1.45 bits per heavy atom. The maximum absolute atomic E-state index is 12.5. The van der Waals surface area contributed by atoms with Crippen LogP contribution in [0.3, 0.4) is 0 Å². The fraction of sp³-hybridized carbons (Fsp3) is 0.312. The van der Waals surface area contributed by atoms with Crippen molar-refractivity contribution in [2.75, 3.05) is 25.1 Å². The van der Waals surface area contributed by atoms with Crippen molar-refractivity contribution in [2.45, 2.75) is 12.8 Å². The summed E-state index contributed by atoms with van der Waals surface area (Å²) in [5.41, 5.74) is 1.90. The Bertz CT molecular complexity index is 646. The van der Waals surface area contributed by atoms with Crippen LogP contribution in [0.5, 0.6) is 0 Å².